The molecule has 1 amide bonds. The van der Waals surface area contributed by atoms with E-state index in [1.165, 1.54) is 4.68 Å². The highest BCUT2D eigenvalue weighted by Gasteiger charge is 2.29. The molecule has 1 aliphatic rings. The summed E-state index contributed by atoms with van der Waals surface area (Å²) in [5.41, 5.74) is 3.86. The molecule has 0 N–H and O–H groups in total. The van der Waals surface area contributed by atoms with Gasteiger partial charge in [0.2, 0.25) is 5.91 Å². The van der Waals surface area contributed by atoms with Crippen molar-refractivity contribution in [3.8, 4) is 0 Å². The third kappa shape index (κ3) is 3.58. The fourth-order valence-electron chi connectivity index (χ4n) is 4.64. The maximum absolute atomic E-state index is 13.3. The van der Waals surface area contributed by atoms with Crippen molar-refractivity contribution < 1.29 is 9.21 Å². The molecule has 172 valence electrons. The van der Waals surface area contributed by atoms with Crippen molar-refractivity contribution in [1.29, 1.82) is 0 Å². The molecule has 0 unspecified atom stereocenters. The first-order valence-corrected chi connectivity index (χ1v) is 11.6. The van der Waals surface area contributed by atoms with Gasteiger partial charge in [0.05, 0.1) is 11.8 Å². The Balaban J connectivity index is 1.39. The van der Waals surface area contributed by atoms with Gasteiger partial charge in [-0.05, 0) is 31.5 Å². The zero-order valence-corrected chi connectivity index (χ0v) is 19.7. The van der Waals surface area contributed by atoms with Crippen LogP contribution in [0.5, 0.6) is 0 Å². The molecule has 1 aromatic carbocycles. The molecule has 33 heavy (non-hydrogen) atoms. The Bertz CT molecular complexity index is 1410. The molecule has 0 saturated carbocycles. The third-order valence-electron chi connectivity index (χ3n) is 6.48. The van der Waals surface area contributed by atoms with Crippen molar-refractivity contribution in [1.82, 2.24) is 19.1 Å². The molecule has 4 aromatic rings. The Morgan fingerprint density at radius 2 is 1.91 bits per heavy atom. The highest BCUT2D eigenvalue weighted by Crippen LogP contribution is 2.26. The number of carbonyl (C=O) groups is 1. The lowest BCUT2D eigenvalue weighted by Gasteiger charge is -2.37. The molecule has 3 aromatic heterocycles. The Kier molecular flexibility index (Phi) is 5.40. The highest BCUT2D eigenvalue weighted by atomic mass is 35.5. The number of aryl methyl sites for hydroxylation is 2. The van der Waals surface area contributed by atoms with E-state index < -0.39 is 6.04 Å². The molecule has 1 aliphatic heterocycles. The molecule has 0 bridgehead atoms. The molecular weight excluding hydrogens is 442 g/mol. The van der Waals surface area contributed by atoms with Crippen molar-refractivity contribution >= 4 is 39.8 Å². The number of benzene rings is 1. The minimum Gasteiger partial charge on any atom is -0.463 e. The van der Waals surface area contributed by atoms with Gasteiger partial charge in [-0.15, -0.1) is 0 Å². The van der Waals surface area contributed by atoms with Gasteiger partial charge in [-0.25, -0.2) is 4.68 Å². The zero-order valence-electron chi connectivity index (χ0n) is 18.9. The van der Waals surface area contributed by atoms with E-state index >= 15 is 0 Å². The van der Waals surface area contributed by atoms with Crippen LogP contribution in [0.25, 0.3) is 16.6 Å². The van der Waals surface area contributed by atoms with E-state index in [2.05, 4.69) is 16.9 Å². The second-order valence-corrected chi connectivity index (χ2v) is 8.91. The predicted molar refractivity (Wildman–Crippen MR) is 128 cm³/mol. The van der Waals surface area contributed by atoms with E-state index in [9.17, 15) is 9.59 Å². The first-order chi connectivity index (χ1) is 15.9. The number of nitrogens with zero attached hydrogens (tertiary/aromatic N) is 5. The van der Waals surface area contributed by atoms with E-state index in [0.29, 0.717) is 54.5 Å². The van der Waals surface area contributed by atoms with Gasteiger partial charge in [-0.2, -0.15) is 5.10 Å². The van der Waals surface area contributed by atoms with Gasteiger partial charge >= 0.3 is 0 Å². The van der Waals surface area contributed by atoms with E-state index in [0.717, 1.165) is 16.8 Å². The summed E-state index contributed by atoms with van der Waals surface area (Å²) in [6.45, 7) is 8.34. The number of amides is 1. The normalized spacial score (nSPS) is 15.5. The number of rotatable bonds is 4. The minimum atomic E-state index is -0.701. The Morgan fingerprint density at radius 1 is 1.15 bits per heavy atom. The number of piperazine rings is 1. The Labute approximate surface area is 195 Å². The summed E-state index contributed by atoms with van der Waals surface area (Å²) in [6, 6.07) is 8.70. The van der Waals surface area contributed by atoms with Crippen LogP contribution in [0.2, 0.25) is 5.02 Å². The molecular formula is C24H26ClN5O3. The van der Waals surface area contributed by atoms with Gasteiger partial charge in [-0.3, -0.25) is 14.0 Å². The van der Waals surface area contributed by atoms with E-state index in [1.54, 1.807) is 19.3 Å². The summed E-state index contributed by atoms with van der Waals surface area (Å²) in [5, 5.41) is 5.27. The molecule has 1 atom stereocenters. The van der Waals surface area contributed by atoms with Crippen molar-refractivity contribution in [3.05, 3.63) is 63.4 Å². The Hall–Kier alpha value is -3.26. The lowest BCUT2D eigenvalue weighted by molar-refractivity contribution is -0.135. The van der Waals surface area contributed by atoms with Gasteiger partial charge in [0.25, 0.3) is 5.56 Å². The molecule has 8 nitrogen and oxygen atoms in total. The molecule has 0 aliphatic carbocycles. The lowest BCUT2D eigenvalue weighted by atomic mass is 10.1. The summed E-state index contributed by atoms with van der Waals surface area (Å²) in [4.78, 5) is 30.6. The standard InChI is InChI=1S/C24H26ClN5O3/c1-4-22-26-30(24(32)20-14-21-18(29(20)22)7-12-33-21)16(3)23(31)28-10-8-27(9-11-28)19-13-17(25)6-5-15(19)2/h5-7,12-14,16H,4,8-11H2,1-3H3/t16-/m1/s1. The molecule has 1 saturated heterocycles. The lowest BCUT2D eigenvalue weighted by Crippen LogP contribution is -2.51. The van der Waals surface area contributed by atoms with E-state index in [-0.39, 0.29) is 11.5 Å². The van der Waals surface area contributed by atoms with Crippen molar-refractivity contribution in [2.45, 2.75) is 33.2 Å². The van der Waals surface area contributed by atoms with Crippen LogP contribution in [-0.2, 0) is 11.2 Å². The van der Waals surface area contributed by atoms with Crippen LogP contribution in [0.4, 0.5) is 5.69 Å². The summed E-state index contributed by atoms with van der Waals surface area (Å²) < 4.78 is 8.62. The first-order valence-electron chi connectivity index (χ1n) is 11.2. The van der Waals surface area contributed by atoms with Crippen LogP contribution in [0.3, 0.4) is 0 Å². The van der Waals surface area contributed by atoms with Gasteiger partial charge in [-0.1, -0.05) is 24.6 Å². The summed E-state index contributed by atoms with van der Waals surface area (Å²) in [7, 11) is 0. The smallest absolute Gasteiger partial charge is 0.291 e. The maximum Gasteiger partial charge on any atom is 0.291 e. The molecule has 1 fully saturated rings. The molecule has 0 spiro atoms. The largest absolute Gasteiger partial charge is 0.463 e. The average molecular weight is 468 g/mol. The topological polar surface area (TPSA) is 76.0 Å². The highest BCUT2D eigenvalue weighted by molar-refractivity contribution is 6.30. The predicted octanol–water partition coefficient (Wildman–Crippen LogP) is 3.68. The molecule has 4 heterocycles. The summed E-state index contributed by atoms with van der Waals surface area (Å²) >= 11 is 6.19. The zero-order chi connectivity index (χ0) is 23.3. The van der Waals surface area contributed by atoms with Gasteiger partial charge in [0.1, 0.15) is 17.4 Å². The number of furan rings is 1. The molecule has 5 rings (SSSR count). The van der Waals surface area contributed by atoms with Crippen molar-refractivity contribution in [2.75, 3.05) is 31.1 Å². The fourth-order valence-corrected chi connectivity index (χ4v) is 4.81. The number of carbonyl (C=O) groups excluding carboxylic acids is 1. The maximum atomic E-state index is 13.3. The van der Waals surface area contributed by atoms with E-state index in [4.69, 9.17) is 16.0 Å². The van der Waals surface area contributed by atoms with Crippen LogP contribution in [0, 0.1) is 6.92 Å². The van der Waals surface area contributed by atoms with Crippen LogP contribution in [0.1, 0.15) is 31.3 Å². The Morgan fingerprint density at radius 3 is 2.64 bits per heavy atom. The average Bonchev–Trinajstić information content (AvgIpc) is 3.42. The van der Waals surface area contributed by atoms with Crippen LogP contribution < -0.4 is 10.5 Å². The van der Waals surface area contributed by atoms with Gasteiger partial charge < -0.3 is 14.2 Å². The fraction of sp³-hybridized carbons (Fsp3) is 0.375. The monoisotopic (exact) mass is 467 g/mol. The van der Waals surface area contributed by atoms with Gasteiger partial charge in [0, 0.05) is 55.4 Å². The minimum absolute atomic E-state index is 0.103. The van der Waals surface area contributed by atoms with Gasteiger partial charge in [0.15, 0.2) is 5.58 Å². The number of anilines is 1. The first kappa shape index (κ1) is 21.6. The number of hydrogen-bond acceptors (Lipinski definition) is 5. The molecule has 9 heteroatoms. The number of fused-ring (bicyclic) bond motifs is 3. The van der Waals surface area contributed by atoms with E-state index in [1.807, 2.05) is 40.5 Å². The van der Waals surface area contributed by atoms with Crippen molar-refractivity contribution in [2.24, 2.45) is 0 Å². The third-order valence-corrected chi connectivity index (χ3v) is 6.71. The summed E-state index contributed by atoms with van der Waals surface area (Å²) in [5.74, 6) is 0.607. The van der Waals surface area contributed by atoms with Crippen LogP contribution in [0.15, 0.2) is 45.8 Å². The quantitative estimate of drug-likeness (QED) is 0.457. The second-order valence-electron chi connectivity index (χ2n) is 8.47. The van der Waals surface area contributed by atoms with Crippen LogP contribution >= 0.6 is 11.6 Å². The number of halogens is 1. The van der Waals surface area contributed by atoms with Crippen LogP contribution in [-0.4, -0.2) is 51.2 Å². The summed E-state index contributed by atoms with van der Waals surface area (Å²) in [6.07, 6.45) is 2.21. The number of hydrogen-bond donors (Lipinski definition) is 0. The SMILES string of the molecule is CCc1nn([C@H](C)C(=O)N2CCN(c3cc(Cl)ccc3C)CC2)c(=O)c2cc3occc3n12. The second kappa shape index (κ2) is 8.26. The molecule has 0 radical (unpaired) electrons. The number of aromatic nitrogens is 3. The van der Waals surface area contributed by atoms with Crippen molar-refractivity contribution in [3.63, 3.8) is 0 Å².